The number of pyridine rings is 1. The molecule has 3 heterocycles. The number of rotatable bonds is 3. The number of hydrogen-bond donors (Lipinski definition) is 0. The Labute approximate surface area is 133 Å². The van der Waals surface area contributed by atoms with E-state index in [1.54, 1.807) is 4.31 Å². The molecule has 122 valence electrons. The summed E-state index contributed by atoms with van der Waals surface area (Å²) in [5.74, 6) is 0. The first-order valence-electron chi connectivity index (χ1n) is 8.09. The molecular formula is C16H25N3O2S. The highest BCUT2D eigenvalue weighted by molar-refractivity contribution is 7.88. The maximum atomic E-state index is 12.2. The van der Waals surface area contributed by atoms with Crippen molar-refractivity contribution in [1.82, 2.24) is 14.2 Å². The van der Waals surface area contributed by atoms with Crippen LogP contribution in [0.4, 0.5) is 0 Å². The topological polar surface area (TPSA) is 53.5 Å². The van der Waals surface area contributed by atoms with E-state index in [1.165, 1.54) is 11.8 Å². The van der Waals surface area contributed by atoms with Crippen LogP contribution >= 0.6 is 0 Å². The minimum Gasteiger partial charge on any atom is -0.297 e. The Morgan fingerprint density at radius 3 is 2.59 bits per heavy atom. The Bertz CT molecular complexity index is 601. The molecule has 3 rings (SSSR count). The van der Waals surface area contributed by atoms with Gasteiger partial charge in [-0.3, -0.25) is 9.88 Å². The average molecular weight is 323 g/mol. The van der Waals surface area contributed by atoms with Gasteiger partial charge >= 0.3 is 0 Å². The van der Waals surface area contributed by atoms with Crippen LogP contribution in [-0.4, -0.2) is 54.0 Å². The lowest BCUT2D eigenvalue weighted by Crippen LogP contribution is -2.61. The summed E-state index contributed by atoms with van der Waals surface area (Å²) in [5, 5.41) is 0. The van der Waals surface area contributed by atoms with Gasteiger partial charge in [-0.05, 0) is 49.9 Å². The number of sulfonamides is 1. The van der Waals surface area contributed by atoms with Crippen molar-refractivity contribution in [2.45, 2.75) is 44.2 Å². The molecule has 2 saturated heterocycles. The molecule has 0 N–H and O–H groups in total. The second-order valence-electron chi connectivity index (χ2n) is 6.69. The molecule has 6 heteroatoms. The van der Waals surface area contributed by atoms with Crippen molar-refractivity contribution in [2.75, 3.05) is 25.9 Å². The first-order valence-corrected chi connectivity index (χ1v) is 9.94. The fourth-order valence-electron chi connectivity index (χ4n) is 4.08. The zero-order valence-corrected chi connectivity index (χ0v) is 14.1. The number of aromatic nitrogens is 1. The van der Waals surface area contributed by atoms with E-state index in [0.717, 1.165) is 51.7 Å². The number of hydrogen-bond acceptors (Lipinski definition) is 4. The summed E-state index contributed by atoms with van der Waals surface area (Å²) in [4.78, 5) is 6.47. The van der Waals surface area contributed by atoms with E-state index in [0.29, 0.717) is 6.54 Å². The van der Waals surface area contributed by atoms with Crippen molar-refractivity contribution < 1.29 is 8.42 Å². The minimum absolute atomic E-state index is 0.183. The van der Waals surface area contributed by atoms with E-state index in [9.17, 15) is 8.42 Å². The molecule has 0 radical (unpaired) electrons. The lowest BCUT2D eigenvalue weighted by atomic mass is 9.81. The van der Waals surface area contributed by atoms with E-state index in [1.807, 2.05) is 24.5 Å². The second-order valence-corrected chi connectivity index (χ2v) is 8.59. The molecule has 1 spiro atoms. The molecule has 0 amide bonds. The molecule has 0 aromatic carbocycles. The maximum absolute atomic E-state index is 12.2. The molecule has 22 heavy (non-hydrogen) atoms. The monoisotopic (exact) mass is 323 g/mol. The van der Waals surface area contributed by atoms with Crippen molar-refractivity contribution in [1.29, 1.82) is 0 Å². The predicted molar refractivity (Wildman–Crippen MR) is 86.9 cm³/mol. The molecule has 0 aliphatic carbocycles. The van der Waals surface area contributed by atoms with E-state index in [-0.39, 0.29) is 5.54 Å². The first-order chi connectivity index (χ1) is 10.5. The molecule has 0 saturated carbocycles. The Morgan fingerprint density at radius 2 is 1.86 bits per heavy atom. The van der Waals surface area contributed by atoms with Crippen LogP contribution in [0.5, 0.6) is 0 Å². The summed E-state index contributed by atoms with van der Waals surface area (Å²) in [6.45, 7) is 3.45. The highest BCUT2D eigenvalue weighted by Crippen LogP contribution is 2.38. The largest absolute Gasteiger partial charge is 0.297 e. The first kappa shape index (κ1) is 15.9. The van der Waals surface area contributed by atoms with E-state index < -0.39 is 10.0 Å². The van der Waals surface area contributed by atoms with Gasteiger partial charge in [-0.25, -0.2) is 8.42 Å². The number of likely N-dealkylation sites (tertiary alicyclic amines) is 1. The van der Waals surface area contributed by atoms with Gasteiger partial charge in [0, 0.05) is 37.6 Å². The van der Waals surface area contributed by atoms with Gasteiger partial charge in [0.2, 0.25) is 10.0 Å². The van der Waals surface area contributed by atoms with E-state index >= 15 is 0 Å². The molecule has 2 fully saturated rings. The fourth-order valence-corrected chi connectivity index (χ4v) is 5.49. The Kier molecular flexibility index (Phi) is 4.52. The summed E-state index contributed by atoms with van der Waals surface area (Å²) in [6, 6.07) is 4.08. The van der Waals surface area contributed by atoms with Crippen LogP contribution in [0.2, 0.25) is 0 Å². The zero-order valence-electron chi connectivity index (χ0n) is 13.2. The third-order valence-corrected chi connectivity index (χ3v) is 6.34. The van der Waals surface area contributed by atoms with Crippen LogP contribution in [0.15, 0.2) is 24.5 Å². The molecule has 1 atom stereocenters. The standard InChI is InChI=1S/C16H25N3O2S/c1-22(20,21)19-12-3-2-7-16(19)8-4-11-18(14-16)13-15-5-9-17-10-6-15/h5-6,9-10H,2-4,7-8,11-14H2,1H3/t16-/m0/s1. The van der Waals surface area contributed by atoms with Crippen molar-refractivity contribution in [3.05, 3.63) is 30.1 Å². The Morgan fingerprint density at radius 1 is 1.14 bits per heavy atom. The third kappa shape index (κ3) is 3.34. The normalized spacial score (nSPS) is 28.0. The van der Waals surface area contributed by atoms with Crippen LogP contribution in [0, 0.1) is 0 Å². The molecule has 2 aliphatic heterocycles. The zero-order chi connectivity index (χ0) is 15.6. The lowest BCUT2D eigenvalue weighted by molar-refractivity contribution is 0.0337. The molecule has 1 aromatic rings. The van der Waals surface area contributed by atoms with Crippen molar-refractivity contribution in [3.8, 4) is 0 Å². The fraction of sp³-hybridized carbons (Fsp3) is 0.688. The van der Waals surface area contributed by atoms with Crippen molar-refractivity contribution in [2.24, 2.45) is 0 Å². The summed E-state index contributed by atoms with van der Waals surface area (Å²) in [5.41, 5.74) is 1.06. The number of piperidine rings is 2. The SMILES string of the molecule is CS(=O)(=O)N1CCCC[C@@]12CCCN(Cc1ccncc1)C2. The summed E-state index contributed by atoms with van der Waals surface area (Å²) in [6.07, 6.45) is 10.2. The van der Waals surface area contributed by atoms with Gasteiger partial charge in [-0.2, -0.15) is 4.31 Å². The maximum Gasteiger partial charge on any atom is 0.211 e. The summed E-state index contributed by atoms with van der Waals surface area (Å²) >= 11 is 0. The van der Waals surface area contributed by atoms with Crippen LogP contribution in [0.1, 0.15) is 37.7 Å². The number of nitrogens with zero attached hydrogens (tertiary/aromatic N) is 3. The lowest BCUT2D eigenvalue weighted by Gasteiger charge is -2.51. The van der Waals surface area contributed by atoms with E-state index in [4.69, 9.17) is 0 Å². The van der Waals surface area contributed by atoms with Gasteiger partial charge < -0.3 is 0 Å². The van der Waals surface area contributed by atoms with Crippen LogP contribution < -0.4 is 0 Å². The van der Waals surface area contributed by atoms with Crippen LogP contribution in [-0.2, 0) is 16.6 Å². The molecular weight excluding hydrogens is 298 g/mol. The van der Waals surface area contributed by atoms with Crippen molar-refractivity contribution in [3.63, 3.8) is 0 Å². The third-order valence-electron chi connectivity index (χ3n) is 4.97. The molecule has 1 aromatic heterocycles. The van der Waals surface area contributed by atoms with Gasteiger partial charge in [0.15, 0.2) is 0 Å². The van der Waals surface area contributed by atoms with E-state index in [2.05, 4.69) is 9.88 Å². The van der Waals surface area contributed by atoms with Gasteiger partial charge in [-0.1, -0.05) is 6.42 Å². The van der Waals surface area contributed by atoms with Crippen LogP contribution in [0.25, 0.3) is 0 Å². The van der Waals surface area contributed by atoms with Gasteiger partial charge in [0.05, 0.1) is 6.26 Å². The van der Waals surface area contributed by atoms with Gasteiger partial charge in [0.25, 0.3) is 0 Å². The quantitative estimate of drug-likeness (QED) is 0.852. The predicted octanol–water partition coefficient (Wildman–Crippen LogP) is 1.86. The Balaban J connectivity index is 1.78. The molecule has 0 unspecified atom stereocenters. The smallest absolute Gasteiger partial charge is 0.211 e. The summed E-state index contributed by atoms with van der Waals surface area (Å²) in [7, 11) is -3.13. The second kappa shape index (κ2) is 6.26. The highest BCUT2D eigenvalue weighted by Gasteiger charge is 2.45. The minimum atomic E-state index is -3.13. The van der Waals surface area contributed by atoms with Crippen LogP contribution in [0.3, 0.4) is 0 Å². The summed E-state index contributed by atoms with van der Waals surface area (Å²) < 4.78 is 26.2. The Hall–Kier alpha value is -0.980. The van der Waals surface area contributed by atoms with Gasteiger partial charge in [0.1, 0.15) is 0 Å². The van der Waals surface area contributed by atoms with Gasteiger partial charge in [-0.15, -0.1) is 0 Å². The average Bonchev–Trinajstić information content (AvgIpc) is 2.47. The molecule has 0 bridgehead atoms. The molecule has 2 aliphatic rings. The molecule has 5 nitrogen and oxygen atoms in total. The van der Waals surface area contributed by atoms with Crippen molar-refractivity contribution >= 4 is 10.0 Å². The highest BCUT2D eigenvalue weighted by atomic mass is 32.2.